The van der Waals surface area contributed by atoms with Gasteiger partial charge in [0.15, 0.2) is 0 Å². The molecule has 0 aromatic heterocycles. The molecule has 0 spiro atoms. The highest BCUT2D eigenvalue weighted by atomic mass is 19.4. The molecule has 43 heavy (non-hydrogen) atoms. The second-order valence-corrected chi connectivity index (χ2v) is 11.2. The van der Waals surface area contributed by atoms with Crippen LogP contribution < -0.4 is 0 Å². The van der Waals surface area contributed by atoms with Crippen molar-refractivity contribution in [3.63, 3.8) is 0 Å². The van der Waals surface area contributed by atoms with Crippen molar-refractivity contribution in [2.75, 3.05) is 13.2 Å². The number of ether oxygens (including phenoxy) is 2. The average Bonchev–Trinajstić information content (AvgIpc) is 2.91. The van der Waals surface area contributed by atoms with Gasteiger partial charge in [0.05, 0.1) is 35.5 Å². The van der Waals surface area contributed by atoms with E-state index in [0.717, 1.165) is 38.5 Å². The number of hydrogen-bond donors (Lipinski definition) is 0. The lowest BCUT2D eigenvalue weighted by Gasteiger charge is -2.44. The summed E-state index contributed by atoms with van der Waals surface area (Å²) >= 11 is 0. The number of rotatable bonds is 5. The van der Waals surface area contributed by atoms with Crippen molar-refractivity contribution in [1.82, 2.24) is 0 Å². The molecule has 1 aliphatic heterocycles. The first-order valence-corrected chi connectivity index (χ1v) is 13.6. The van der Waals surface area contributed by atoms with Gasteiger partial charge in [-0.1, -0.05) is 32.6 Å². The minimum absolute atomic E-state index is 0.0226. The third-order valence-corrected chi connectivity index (χ3v) is 8.19. The smallest absolute Gasteiger partial charge is 0.342 e. The summed E-state index contributed by atoms with van der Waals surface area (Å²) in [4.78, 5) is 0. The maximum Gasteiger partial charge on any atom is 0.416 e. The van der Waals surface area contributed by atoms with Crippen molar-refractivity contribution in [2.24, 2.45) is 17.8 Å². The molecule has 2 aromatic carbocycles. The van der Waals surface area contributed by atoms with E-state index in [1.54, 1.807) is 0 Å². The van der Waals surface area contributed by atoms with Crippen molar-refractivity contribution in [3.8, 4) is 0 Å². The van der Waals surface area contributed by atoms with Gasteiger partial charge in [0, 0.05) is 17.0 Å². The summed E-state index contributed by atoms with van der Waals surface area (Å²) in [5.74, 6) is -2.90. The topological polar surface area (TPSA) is 18.5 Å². The molecule has 4 rings (SSSR count). The van der Waals surface area contributed by atoms with Crippen LogP contribution in [0, 0.1) is 17.8 Å². The van der Waals surface area contributed by atoms with Gasteiger partial charge < -0.3 is 9.47 Å². The number of hydrogen-bond acceptors (Lipinski definition) is 2. The monoisotopic (exact) mass is 636 g/mol. The summed E-state index contributed by atoms with van der Waals surface area (Å²) < 4.78 is 176. The molecule has 2 aliphatic rings. The van der Waals surface area contributed by atoms with Crippen LogP contribution in [0.2, 0.25) is 0 Å². The fourth-order valence-corrected chi connectivity index (χ4v) is 5.96. The summed E-state index contributed by atoms with van der Waals surface area (Å²) in [5.41, 5.74) is -9.39. The molecule has 0 atom stereocenters. The largest absolute Gasteiger partial charge is 0.416 e. The summed E-state index contributed by atoms with van der Waals surface area (Å²) in [6, 6.07) is 0.367. The quantitative estimate of drug-likeness (QED) is 0.304. The lowest BCUT2D eigenvalue weighted by molar-refractivity contribution is -0.274. The Balaban J connectivity index is 1.86. The van der Waals surface area contributed by atoms with Crippen LogP contribution >= 0.6 is 0 Å². The van der Waals surface area contributed by atoms with Gasteiger partial charge >= 0.3 is 24.7 Å². The SMILES string of the molecule is CCCC1CCC(C2COC(c3cc(C(F)(F)F)cc(C(F)(F)F)c3)(c3cc(C(F)(F)F)cc(C(F)(F)F)c3)OC2)CC1. The fourth-order valence-electron chi connectivity index (χ4n) is 5.96. The van der Waals surface area contributed by atoms with Crippen LogP contribution in [-0.4, -0.2) is 13.2 Å². The van der Waals surface area contributed by atoms with Gasteiger partial charge in [0.2, 0.25) is 5.79 Å². The zero-order valence-electron chi connectivity index (χ0n) is 22.7. The first-order chi connectivity index (χ1) is 19.7. The van der Waals surface area contributed by atoms with Crippen LogP contribution in [0.3, 0.4) is 0 Å². The van der Waals surface area contributed by atoms with Crippen molar-refractivity contribution in [3.05, 3.63) is 69.8 Å². The first kappa shape index (κ1) is 33.4. The van der Waals surface area contributed by atoms with Crippen LogP contribution in [-0.2, 0) is 40.0 Å². The van der Waals surface area contributed by atoms with Gasteiger partial charge in [-0.3, -0.25) is 0 Å². The van der Waals surface area contributed by atoms with Gasteiger partial charge in [-0.15, -0.1) is 0 Å². The lowest BCUT2D eigenvalue weighted by Crippen LogP contribution is -2.45. The zero-order valence-corrected chi connectivity index (χ0v) is 22.7. The molecule has 240 valence electrons. The minimum atomic E-state index is -5.35. The highest BCUT2D eigenvalue weighted by molar-refractivity contribution is 5.44. The molecule has 1 saturated heterocycles. The van der Waals surface area contributed by atoms with Crippen molar-refractivity contribution in [1.29, 1.82) is 0 Å². The van der Waals surface area contributed by atoms with E-state index in [4.69, 9.17) is 9.47 Å². The Morgan fingerprint density at radius 3 is 1.21 bits per heavy atom. The van der Waals surface area contributed by atoms with Crippen molar-refractivity contribution < 1.29 is 62.2 Å². The molecule has 0 amide bonds. The van der Waals surface area contributed by atoms with E-state index in [0.29, 0.717) is 5.92 Å². The van der Waals surface area contributed by atoms with Gasteiger partial charge in [-0.2, -0.15) is 52.7 Å². The molecule has 0 N–H and O–H groups in total. The summed E-state index contributed by atoms with van der Waals surface area (Å²) in [6.45, 7) is 1.29. The average molecular weight is 637 g/mol. The maximum absolute atomic E-state index is 13.7. The molecular weight excluding hydrogens is 608 g/mol. The second-order valence-electron chi connectivity index (χ2n) is 11.2. The van der Waals surface area contributed by atoms with E-state index in [-0.39, 0.29) is 55.5 Å². The van der Waals surface area contributed by atoms with Gasteiger partial charge in [-0.25, -0.2) is 0 Å². The summed E-state index contributed by atoms with van der Waals surface area (Å²) in [5, 5.41) is 0. The Morgan fingerprint density at radius 1 is 0.558 bits per heavy atom. The van der Waals surface area contributed by atoms with E-state index in [1.165, 1.54) is 0 Å². The van der Waals surface area contributed by atoms with Crippen molar-refractivity contribution >= 4 is 0 Å². The zero-order chi connectivity index (χ0) is 32.0. The molecule has 14 heteroatoms. The molecule has 0 unspecified atom stereocenters. The molecule has 1 saturated carbocycles. The van der Waals surface area contributed by atoms with Crippen LogP contribution in [0.15, 0.2) is 36.4 Å². The van der Waals surface area contributed by atoms with Crippen LogP contribution in [0.1, 0.15) is 78.8 Å². The molecule has 2 nitrogen and oxygen atoms in total. The Bertz CT molecular complexity index is 1120. The fraction of sp³-hybridized carbons (Fsp3) is 0.586. The van der Waals surface area contributed by atoms with E-state index in [2.05, 4.69) is 0 Å². The standard InChI is InChI=1S/C29H28F12O2/c1-2-3-16-4-6-17(7-5-16)18-14-42-25(43-15-18,19-8-21(26(30,31)32)12-22(9-19)27(33,34)35)20-10-23(28(36,37)38)13-24(11-20)29(39,40)41/h8-13,16-18H,2-7,14-15H2,1H3. The van der Waals surface area contributed by atoms with Crippen LogP contribution in [0.4, 0.5) is 52.7 Å². The van der Waals surface area contributed by atoms with E-state index >= 15 is 0 Å². The molecular formula is C29H28F12O2. The van der Waals surface area contributed by atoms with E-state index < -0.39 is 69.8 Å². The number of halogens is 12. The van der Waals surface area contributed by atoms with Crippen molar-refractivity contribution in [2.45, 2.75) is 75.9 Å². The minimum Gasteiger partial charge on any atom is -0.342 e. The Kier molecular flexibility index (Phi) is 9.16. The third kappa shape index (κ3) is 7.43. The highest BCUT2D eigenvalue weighted by Gasteiger charge is 2.49. The maximum atomic E-state index is 13.7. The Morgan fingerprint density at radius 2 is 0.907 bits per heavy atom. The van der Waals surface area contributed by atoms with E-state index in [9.17, 15) is 52.7 Å². The Labute approximate surface area is 239 Å². The normalized spacial score (nSPS) is 22.5. The predicted molar refractivity (Wildman–Crippen MR) is 129 cm³/mol. The van der Waals surface area contributed by atoms with E-state index in [1.807, 2.05) is 6.92 Å². The lowest BCUT2D eigenvalue weighted by atomic mass is 9.74. The molecule has 1 aliphatic carbocycles. The summed E-state index contributed by atoms with van der Waals surface area (Å²) in [7, 11) is 0. The molecule has 1 heterocycles. The van der Waals surface area contributed by atoms with Crippen LogP contribution in [0.5, 0.6) is 0 Å². The Hall–Kier alpha value is -2.48. The van der Waals surface area contributed by atoms with Gasteiger partial charge in [0.1, 0.15) is 0 Å². The van der Waals surface area contributed by atoms with Gasteiger partial charge in [0.25, 0.3) is 0 Å². The molecule has 0 radical (unpaired) electrons. The molecule has 0 bridgehead atoms. The van der Waals surface area contributed by atoms with Crippen LogP contribution in [0.25, 0.3) is 0 Å². The highest BCUT2D eigenvalue weighted by Crippen LogP contribution is 2.48. The molecule has 2 aromatic rings. The third-order valence-electron chi connectivity index (χ3n) is 8.19. The molecule has 2 fully saturated rings. The van der Waals surface area contributed by atoms with Gasteiger partial charge in [-0.05, 0) is 61.1 Å². The number of benzene rings is 2. The second kappa shape index (κ2) is 11.8. The number of alkyl halides is 12. The first-order valence-electron chi connectivity index (χ1n) is 13.6. The predicted octanol–water partition coefficient (Wildman–Crippen LogP) is 10.2. The summed E-state index contributed by atoms with van der Waals surface area (Å²) in [6.07, 6.45) is -16.2.